The molecule has 2 N–H and O–H groups in total. The molecule has 2 aliphatic heterocycles. The average Bonchev–Trinajstić information content (AvgIpc) is 2.69. The summed E-state index contributed by atoms with van der Waals surface area (Å²) in [6.45, 7) is 6.96. The third kappa shape index (κ3) is 3.16. The minimum absolute atomic E-state index is 0.305. The quantitative estimate of drug-likeness (QED) is 0.722. The number of carbonyl (C=O) groups is 1. The number of aliphatic hydroxyl groups excluding tert-OH is 2. The van der Waals surface area contributed by atoms with Gasteiger partial charge in [0.1, 0.15) is 12.2 Å². The number of rotatable bonds is 4. The van der Waals surface area contributed by atoms with Gasteiger partial charge in [0.2, 0.25) is 0 Å². The molecular weight excluding hydrogens is 264 g/mol. The molecule has 0 radical (unpaired) electrons. The predicted molar refractivity (Wildman–Crippen MR) is 69.7 cm³/mol. The Morgan fingerprint density at radius 1 is 1.50 bits per heavy atom. The Balaban J connectivity index is 2.20. The normalized spacial score (nSPS) is 37.9. The highest BCUT2D eigenvalue weighted by molar-refractivity contribution is 5.94. The van der Waals surface area contributed by atoms with Crippen LogP contribution in [0.4, 0.5) is 0 Å². The monoisotopic (exact) mass is 284 g/mol. The maximum absolute atomic E-state index is 11.9. The number of hydrogen-bond acceptors (Lipinski definition) is 6. The molecule has 2 heterocycles. The molecular formula is C14H20O6. The molecule has 0 saturated carbocycles. The molecule has 2 rings (SSSR count). The summed E-state index contributed by atoms with van der Waals surface area (Å²) in [7, 11) is 0. The molecule has 6 nitrogen and oxygen atoms in total. The molecule has 20 heavy (non-hydrogen) atoms. The molecule has 0 aliphatic carbocycles. The van der Waals surface area contributed by atoms with E-state index in [-0.39, 0.29) is 5.78 Å². The summed E-state index contributed by atoms with van der Waals surface area (Å²) in [6.07, 6.45) is -0.154. The first-order valence-corrected chi connectivity index (χ1v) is 6.54. The molecule has 2 unspecified atom stereocenters. The van der Waals surface area contributed by atoms with Gasteiger partial charge in [-0.1, -0.05) is 6.08 Å². The molecule has 0 spiro atoms. The fourth-order valence-electron chi connectivity index (χ4n) is 2.43. The molecule has 0 aromatic heterocycles. The van der Waals surface area contributed by atoms with Crippen LogP contribution in [0.1, 0.15) is 20.3 Å². The topological polar surface area (TPSA) is 85.2 Å². The van der Waals surface area contributed by atoms with E-state index in [1.54, 1.807) is 19.9 Å². The lowest BCUT2D eigenvalue weighted by atomic mass is 9.97. The van der Waals surface area contributed by atoms with Crippen LogP contribution in [-0.2, 0) is 19.0 Å². The summed E-state index contributed by atoms with van der Waals surface area (Å²) in [5.41, 5.74) is 0. The largest absolute Gasteiger partial charge is 0.390 e. The van der Waals surface area contributed by atoms with Gasteiger partial charge in [-0.25, -0.2) is 0 Å². The van der Waals surface area contributed by atoms with Gasteiger partial charge in [-0.2, -0.15) is 0 Å². The minimum atomic E-state index is -1.16. The fourth-order valence-corrected chi connectivity index (χ4v) is 2.43. The van der Waals surface area contributed by atoms with Gasteiger partial charge in [0.05, 0.1) is 6.10 Å². The van der Waals surface area contributed by atoms with E-state index in [1.165, 1.54) is 12.2 Å². The second kappa shape index (κ2) is 5.75. The van der Waals surface area contributed by atoms with Gasteiger partial charge < -0.3 is 24.4 Å². The second-order valence-electron chi connectivity index (χ2n) is 5.37. The smallest absolute Gasteiger partial charge is 0.187 e. The Labute approximate surface area is 117 Å². The van der Waals surface area contributed by atoms with Crippen molar-refractivity contribution in [2.75, 3.05) is 0 Å². The third-order valence-corrected chi connectivity index (χ3v) is 3.24. The number of hydrogen-bond donors (Lipinski definition) is 2. The first-order chi connectivity index (χ1) is 9.34. The van der Waals surface area contributed by atoms with Gasteiger partial charge in [0.15, 0.2) is 24.0 Å². The van der Waals surface area contributed by atoms with Crippen molar-refractivity contribution in [1.29, 1.82) is 0 Å². The molecule has 5 atom stereocenters. The standard InChI is InChI=1S/C14H20O6/c1-4-5-8(15)12-13(20-14(2,3)19-12)11-9(16)6-7-10(17)18-11/h4,6-8,10-13,15,17H,1,5H2,2-3H3/t8-,10?,11?,12+,13-/m0/s1. The Hall–Kier alpha value is -1.05. The lowest BCUT2D eigenvalue weighted by molar-refractivity contribution is -0.185. The van der Waals surface area contributed by atoms with E-state index >= 15 is 0 Å². The van der Waals surface area contributed by atoms with Crippen LogP contribution in [0, 0.1) is 0 Å². The van der Waals surface area contributed by atoms with Crippen molar-refractivity contribution >= 4 is 5.78 Å². The van der Waals surface area contributed by atoms with Gasteiger partial charge in [-0.3, -0.25) is 4.79 Å². The van der Waals surface area contributed by atoms with Crippen LogP contribution in [0.2, 0.25) is 0 Å². The number of aliphatic hydroxyl groups is 2. The van der Waals surface area contributed by atoms with Gasteiger partial charge in [-0.15, -0.1) is 6.58 Å². The van der Waals surface area contributed by atoms with Crippen molar-refractivity contribution in [2.24, 2.45) is 0 Å². The van der Waals surface area contributed by atoms with Crippen LogP contribution >= 0.6 is 0 Å². The van der Waals surface area contributed by atoms with Crippen molar-refractivity contribution < 1.29 is 29.2 Å². The lowest BCUT2D eigenvalue weighted by Gasteiger charge is -2.29. The molecule has 0 aromatic carbocycles. The Morgan fingerprint density at radius 2 is 2.20 bits per heavy atom. The van der Waals surface area contributed by atoms with Crippen LogP contribution in [0.15, 0.2) is 24.8 Å². The zero-order valence-corrected chi connectivity index (χ0v) is 11.6. The highest BCUT2D eigenvalue weighted by atomic mass is 16.8. The van der Waals surface area contributed by atoms with Crippen LogP contribution in [-0.4, -0.2) is 52.5 Å². The van der Waals surface area contributed by atoms with E-state index in [4.69, 9.17) is 14.2 Å². The summed E-state index contributed by atoms with van der Waals surface area (Å²) in [5, 5.41) is 19.6. The summed E-state index contributed by atoms with van der Waals surface area (Å²) < 4.78 is 16.5. The van der Waals surface area contributed by atoms with Gasteiger partial charge >= 0.3 is 0 Å². The van der Waals surface area contributed by atoms with E-state index in [9.17, 15) is 15.0 Å². The third-order valence-electron chi connectivity index (χ3n) is 3.24. The van der Waals surface area contributed by atoms with Crippen LogP contribution in [0.5, 0.6) is 0 Å². The number of carbonyl (C=O) groups excluding carboxylic acids is 1. The van der Waals surface area contributed by atoms with E-state index in [0.29, 0.717) is 6.42 Å². The van der Waals surface area contributed by atoms with Crippen molar-refractivity contribution in [2.45, 2.75) is 56.8 Å². The van der Waals surface area contributed by atoms with Gasteiger partial charge in [-0.05, 0) is 32.4 Å². The summed E-state index contributed by atoms with van der Waals surface area (Å²) in [6, 6.07) is 0. The first kappa shape index (κ1) is 15.3. The maximum Gasteiger partial charge on any atom is 0.187 e. The fraction of sp³-hybridized carbons (Fsp3) is 0.643. The van der Waals surface area contributed by atoms with Gasteiger partial charge in [0.25, 0.3) is 0 Å². The summed E-state index contributed by atoms with van der Waals surface area (Å²) in [5.74, 6) is -1.26. The zero-order chi connectivity index (χ0) is 14.9. The van der Waals surface area contributed by atoms with E-state index in [0.717, 1.165) is 0 Å². The molecule has 1 saturated heterocycles. The SMILES string of the molecule is C=CC[C@H](O)[C@H]1OC(C)(C)O[C@H]1C1OC(O)C=CC1=O. The van der Waals surface area contributed by atoms with E-state index in [1.807, 2.05) is 0 Å². The number of ketones is 1. The van der Waals surface area contributed by atoms with Crippen LogP contribution in [0.3, 0.4) is 0 Å². The van der Waals surface area contributed by atoms with Crippen molar-refractivity contribution in [3.8, 4) is 0 Å². The molecule has 0 bridgehead atoms. The number of ether oxygens (including phenoxy) is 3. The van der Waals surface area contributed by atoms with E-state index in [2.05, 4.69) is 6.58 Å². The van der Waals surface area contributed by atoms with E-state index < -0.39 is 36.5 Å². The highest BCUT2D eigenvalue weighted by Crippen LogP contribution is 2.34. The van der Waals surface area contributed by atoms with Crippen LogP contribution < -0.4 is 0 Å². The van der Waals surface area contributed by atoms with Crippen LogP contribution in [0.25, 0.3) is 0 Å². The summed E-state index contributed by atoms with van der Waals surface area (Å²) in [4.78, 5) is 11.9. The Bertz CT molecular complexity index is 416. The average molecular weight is 284 g/mol. The Kier molecular flexibility index (Phi) is 4.41. The first-order valence-electron chi connectivity index (χ1n) is 6.54. The molecule has 0 amide bonds. The minimum Gasteiger partial charge on any atom is -0.390 e. The van der Waals surface area contributed by atoms with Crippen molar-refractivity contribution in [3.63, 3.8) is 0 Å². The summed E-state index contributed by atoms with van der Waals surface area (Å²) >= 11 is 0. The van der Waals surface area contributed by atoms with Crippen molar-refractivity contribution in [1.82, 2.24) is 0 Å². The van der Waals surface area contributed by atoms with Gasteiger partial charge in [0, 0.05) is 0 Å². The lowest BCUT2D eigenvalue weighted by Crippen LogP contribution is -2.49. The zero-order valence-electron chi connectivity index (χ0n) is 11.6. The molecule has 112 valence electrons. The molecule has 0 aromatic rings. The second-order valence-corrected chi connectivity index (χ2v) is 5.37. The predicted octanol–water partition coefficient (Wildman–Crippen LogP) is 0.286. The maximum atomic E-state index is 11.9. The Morgan fingerprint density at radius 3 is 2.85 bits per heavy atom. The highest BCUT2D eigenvalue weighted by Gasteiger charge is 2.50. The molecule has 1 fully saturated rings. The molecule has 6 heteroatoms. The van der Waals surface area contributed by atoms with Crippen molar-refractivity contribution in [3.05, 3.63) is 24.8 Å². The molecule has 2 aliphatic rings.